The van der Waals surface area contributed by atoms with Crippen LogP contribution in [0.5, 0.6) is 0 Å². The van der Waals surface area contributed by atoms with E-state index in [9.17, 15) is 4.79 Å². The summed E-state index contributed by atoms with van der Waals surface area (Å²) >= 11 is 0. The smallest absolute Gasteiger partial charge is 0.317 e. The van der Waals surface area contributed by atoms with Crippen LogP contribution in [0.3, 0.4) is 0 Å². The van der Waals surface area contributed by atoms with E-state index in [1.54, 1.807) is 0 Å². The summed E-state index contributed by atoms with van der Waals surface area (Å²) in [4.78, 5) is 12.4. The van der Waals surface area contributed by atoms with Gasteiger partial charge in [0.25, 0.3) is 0 Å². The van der Waals surface area contributed by atoms with Gasteiger partial charge in [-0.05, 0) is 26.3 Å². The Kier molecular flexibility index (Phi) is 4.66. The molecule has 1 rings (SSSR count). The lowest BCUT2D eigenvalue weighted by Gasteiger charge is -2.24. The molecule has 0 saturated heterocycles. The van der Waals surface area contributed by atoms with Crippen molar-refractivity contribution in [2.24, 2.45) is 0 Å². The van der Waals surface area contributed by atoms with Gasteiger partial charge in [-0.25, -0.2) is 0 Å². The van der Waals surface area contributed by atoms with Crippen LogP contribution in [0.25, 0.3) is 0 Å². The maximum absolute atomic E-state index is 10.5. The van der Waals surface area contributed by atoms with Gasteiger partial charge in [-0.2, -0.15) is 0 Å². The van der Waals surface area contributed by atoms with Gasteiger partial charge in [0.15, 0.2) is 0 Å². The largest absolute Gasteiger partial charge is 0.480 e. The number of carboxylic acids is 1. The Morgan fingerprint density at radius 1 is 1.50 bits per heavy atom. The van der Waals surface area contributed by atoms with Crippen molar-refractivity contribution in [3.8, 4) is 0 Å². The van der Waals surface area contributed by atoms with Crippen LogP contribution in [0.1, 0.15) is 32.1 Å². The first-order valence-electron chi connectivity index (χ1n) is 5.29. The van der Waals surface area contributed by atoms with Gasteiger partial charge in [0.1, 0.15) is 0 Å². The zero-order valence-corrected chi connectivity index (χ0v) is 8.78. The van der Waals surface area contributed by atoms with E-state index in [0.717, 1.165) is 12.8 Å². The van der Waals surface area contributed by atoms with Gasteiger partial charge < -0.3 is 5.11 Å². The zero-order valence-electron chi connectivity index (χ0n) is 8.78. The first-order chi connectivity index (χ1) is 6.70. The molecule has 0 spiro atoms. The highest BCUT2D eigenvalue weighted by molar-refractivity contribution is 5.69. The number of carboxylic acid groups (broad SMARTS) is 1. The lowest BCUT2D eigenvalue weighted by Crippen LogP contribution is -2.34. The van der Waals surface area contributed by atoms with Gasteiger partial charge in [0.2, 0.25) is 0 Å². The molecular formula is C11H19NO2. The van der Waals surface area contributed by atoms with E-state index in [0.29, 0.717) is 6.04 Å². The Labute approximate surface area is 85.4 Å². The lowest BCUT2D eigenvalue weighted by atomic mass is 10.0. The quantitative estimate of drug-likeness (QED) is 0.702. The summed E-state index contributed by atoms with van der Waals surface area (Å²) in [5.41, 5.74) is 0. The van der Waals surface area contributed by atoms with Crippen molar-refractivity contribution < 1.29 is 9.90 Å². The molecule has 0 radical (unpaired) electrons. The molecule has 1 N–H and O–H groups in total. The fraction of sp³-hybridized carbons (Fsp3) is 0.727. The molecule has 0 amide bonds. The Balaban J connectivity index is 2.46. The summed E-state index contributed by atoms with van der Waals surface area (Å²) in [5, 5.41) is 8.67. The Hall–Kier alpha value is -0.830. The standard InChI is InChI=1S/C11H19NO2/c1-12(9-11(13)14)10-7-5-3-2-4-6-8-10/h5,7,10H,2-4,6,8-9H2,1H3,(H,13,14)/b7-5-. The van der Waals surface area contributed by atoms with Crippen molar-refractivity contribution in [1.82, 2.24) is 4.90 Å². The van der Waals surface area contributed by atoms with Gasteiger partial charge in [-0.3, -0.25) is 9.69 Å². The highest BCUT2D eigenvalue weighted by Gasteiger charge is 2.14. The number of rotatable bonds is 3. The molecule has 1 aliphatic carbocycles. The molecule has 1 aliphatic rings. The monoisotopic (exact) mass is 197 g/mol. The third kappa shape index (κ3) is 3.92. The van der Waals surface area contributed by atoms with Crippen LogP contribution in [-0.4, -0.2) is 35.6 Å². The third-order valence-corrected chi connectivity index (χ3v) is 2.68. The predicted molar refractivity (Wildman–Crippen MR) is 56.3 cm³/mol. The average Bonchev–Trinajstić information content (AvgIpc) is 2.00. The van der Waals surface area contributed by atoms with Gasteiger partial charge in [0.05, 0.1) is 6.54 Å². The number of likely N-dealkylation sites (N-methyl/N-ethyl adjacent to an activating group) is 1. The van der Waals surface area contributed by atoms with Crippen LogP contribution < -0.4 is 0 Å². The number of hydrogen-bond donors (Lipinski definition) is 1. The molecule has 80 valence electrons. The van der Waals surface area contributed by atoms with Crippen LogP contribution in [0.2, 0.25) is 0 Å². The molecule has 0 aromatic carbocycles. The maximum Gasteiger partial charge on any atom is 0.317 e. The van der Waals surface area contributed by atoms with Crippen LogP contribution in [0.4, 0.5) is 0 Å². The second kappa shape index (κ2) is 5.81. The van der Waals surface area contributed by atoms with Crippen molar-refractivity contribution in [3.63, 3.8) is 0 Å². The van der Waals surface area contributed by atoms with E-state index >= 15 is 0 Å². The van der Waals surface area contributed by atoms with Crippen molar-refractivity contribution in [2.45, 2.75) is 38.1 Å². The van der Waals surface area contributed by atoms with Crippen molar-refractivity contribution in [1.29, 1.82) is 0 Å². The van der Waals surface area contributed by atoms with E-state index in [2.05, 4.69) is 12.2 Å². The summed E-state index contributed by atoms with van der Waals surface area (Å²) in [7, 11) is 1.88. The molecule has 1 atom stereocenters. The van der Waals surface area contributed by atoms with Crippen LogP contribution in [0, 0.1) is 0 Å². The van der Waals surface area contributed by atoms with E-state index in [4.69, 9.17) is 5.11 Å². The SMILES string of the molecule is CN(CC(=O)O)C1/C=C\CCCCC1. The van der Waals surface area contributed by atoms with Gasteiger partial charge in [0, 0.05) is 6.04 Å². The number of hydrogen-bond acceptors (Lipinski definition) is 2. The molecule has 0 saturated carbocycles. The minimum absolute atomic E-state index is 0.134. The second-order valence-corrected chi connectivity index (χ2v) is 3.94. The first-order valence-corrected chi connectivity index (χ1v) is 5.29. The first kappa shape index (κ1) is 11.2. The molecule has 3 heteroatoms. The molecule has 0 fully saturated rings. The van der Waals surface area contributed by atoms with Gasteiger partial charge in [-0.15, -0.1) is 0 Å². The fourth-order valence-electron chi connectivity index (χ4n) is 1.84. The molecular weight excluding hydrogens is 178 g/mol. The molecule has 3 nitrogen and oxygen atoms in total. The van der Waals surface area contributed by atoms with Crippen molar-refractivity contribution in [3.05, 3.63) is 12.2 Å². The van der Waals surface area contributed by atoms with E-state index in [-0.39, 0.29) is 6.54 Å². The molecule has 0 bridgehead atoms. The second-order valence-electron chi connectivity index (χ2n) is 3.94. The molecule has 14 heavy (non-hydrogen) atoms. The number of nitrogens with zero attached hydrogens (tertiary/aromatic N) is 1. The average molecular weight is 197 g/mol. The molecule has 0 heterocycles. The Morgan fingerprint density at radius 3 is 3.00 bits per heavy atom. The molecule has 0 aliphatic heterocycles. The Morgan fingerprint density at radius 2 is 2.29 bits per heavy atom. The van der Waals surface area contributed by atoms with Crippen molar-refractivity contribution in [2.75, 3.05) is 13.6 Å². The summed E-state index contributed by atoms with van der Waals surface area (Å²) in [5.74, 6) is -0.747. The Bertz CT molecular complexity index is 213. The summed E-state index contributed by atoms with van der Waals surface area (Å²) in [6.07, 6.45) is 10.3. The molecule has 0 aromatic heterocycles. The van der Waals surface area contributed by atoms with Gasteiger partial charge in [-0.1, -0.05) is 25.0 Å². The highest BCUT2D eigenvalue weighted by atomic mass is 16.4. The number of aliphatic carboxylic acids is 1. The maximum atomic E-state index is 10.5. The third-order valence-electron chi connectivity index (χ3n) is 2.68. The van der Waals surface area contributed by atoms with Crippen LogP contribution in [0.15, 0.2) is 12.2 Å². The predicted octanol–water partition coefficient (Wildman–Crippen LogP) is 1.89. The number of carbonyl (C=O) groups is 1. The normalized spacial score (nSPS) is 25.4. The minimum atomic E-state index is -0.747. The van der Waals surface area contributed by atoms with E-state index in [1.807, 2.05) is 11.9 Å². The van der Waals surface area contributed by atoms with Gasteiger partial charge >= 0.3 is 5.97 Å². The van der Waals surface area contributed by atoms with Crippen LogP contribution >= 0.6 is 0 Å². The summed E-state index contributed by atoms with van der Waals surface area (Å²) in [6.45, 7) is 0.134. The molecule has 1 unspecified atom stereocenters. The summed E-state index contributed by atoms with van der Waals surface area (Å²) in [6, 6.07) is 0.311. The highest BCUT2D eigenvalue weighted by Crippen LogP contribution is 2.15. The van der Waals surface area contributed by atoms with E-state index in [1.165, 1.54) is 19.3 Å². The fourth-order valence-corrected chi connectivity index (χ4v) is 1.84. The topological polar surface area (TPSA) is 40.5 Å². The zero-order chi connectivity index (χ0) is 10.4. The van der Waals surface area contributed by atoms with E-state index < -0.39 is 5.97 Å². The summed E-state index contributed by atoms with van der Waals surface area (Å²) < 4.78 is 0. The van der Waals surface area contributed by atoms with Crippen molar-refractivity contribution >= 4 is 5.97 Å². The number of allylic oxidation sites excluding steroid dienone is 1. The van der Waals surface area contributed by atoms with Crippen LogP contribution in [-0.2, 0) is 4.79 Å². The lowest BCUT2D eigenvalue weighted by molar-refractivity contribution is -0.138. The molecule has 0 aromatic rings. The minimum Gasteiger partial charge on any atom is -0.480 e.